The molecule has 2 fully saturated rings. The van der Waals surface area contributed by atoms with Crippen LogP contribution in [0.3, 0.4) is 0 Å². The molecule has 2 aliphatic heterocycles. The maximum absolute atomic E-state index is 11.3. The zero-order valence-corrected chi connectivity index (χ0v) is 10.3. The van der Waals surface area contributed by atoms with Gasteiger partial charge in [-0.25, -0.2) is 4.79 Å². The fraction of sp³-hybridized carbons (Fsp3) is 0.818. The molecule has 0 aromatic heterocycles. The first-order valence-electron chi connectivity index (χ1n) is 5.79. The summed E-state index contributed by atoms with van der Waals surface area (Å²) in [5.74, 6) is 0.981. The van der Waals surface area contributed by atoms with Crippen LogP contribution in [0.4, 0.5) is 4.79 Å². The van der Waals surface area contributed by atoms with Gasteiger partial charge in [-0.3, -0.25) is 0 Å². The number of rotatable bonds is 5. The minimum Gasteiger partial charge on any atom is -0.332 e. The molecule has 0 aliphatic carbocycles. The van der Waals surface area contributed by atoms with Crippen LogP contribution in [0, 0.1) is 0 Å². The molecular weight excluding hydrogens is 224 g/mol. The van der Waals surface area contributed by atoms with Crippen LogP contribution in [0.2, 0.25) is 0 Å². The highest BCUT2D eigenvalue weighted by molar-refractivity contribution is 8.00. The lowest BCUT2D eigenvalue weighted by molar-refractivity contribution is -0.107. The molecule has 2 amide bonds. The van der Waals surface area contributed by atoms with E-state index in [9.17, 15) is 9.59 Å². The van der Waals surface area contributed by atoms with Crippen LogP contribution in [0.1, 0.15) is 32.6 Å². The van der Waals surface area contributed by atoms with Crippen molar-refractivity contribution in [1.29, 1.82) is 0 Å². The van der Waals surface area contributed by atoms with Crippen molar-refractivity contribution in [2.24, 2.45) is 0 Å². The lowest BCUT2D eigenvalue weighted by atomic mass is 9.92. The zero-order chi connectivity index (χ0) is 11.6. The number of aldehydes is 1. The van der Waals surface area contributed by atoms with Gasteiger partial charge in [-0.15, -0.1) is 0 Å². The molecule has 90 valence electrons. The smallest absolute Gasteiger partial charge is 0.315 e. The molecule has 2 N–H and O–H groups in total. The van der Waals surface area contributed by atoms with Gasteiger partial charge in [0.2, 0.25) is 0 Å². The molecule has 2 aliphatic rings. The van der Waals surface area contributed by atoms with Gasteiger partial charge >= 0.3 is 6.03 Å². The normalized spacial score (nSPS) is 36.7. The largest absolute Gasteiger partial charge is 0.332 e. The minimum atomic E-state index is -0.0723. The van der Waals surface area contributed by atoms with Crippen LogP contribution in [0.15, 0.2) is 0 Å². The van der Waals surface area contributed by atoms with E-state index in [1.165, 1.54) is 0 Å². The zero-order valence-electron chi connectivity index (χ0n) is 9.49. The molecular formula is C11H18N2O2S. The third-order valence-electron chi connectivity index (χ3n) is 3.40. The number of carbonyl (C=O) groups is 2. The highest BCUT2D eigenvalue weighted by Crippen LogP contribution is 2.39. The van der Waals surface area contributed by atoms with Gasteiger partial charge in [0.1, 0.15) is 6.29 Å². The van der Waals surface area contributed by atoms with Crippen molar-refractivity contribution >= 4 is 24.1 Å². The second-order valence-corrected chi connectivity index (χ2v) is 6.02. The standard InChI is InChI=1S/C11H18N2O2S/c1-11-7-16-8(5-3-2-4-6-14)9(11)12-10(15)13-11/h6,8-9H,2-5,7H2,1H3,(H2,12,13,15)/t8-,9+,11-/m0/s1. The van der Waals surface area contributed by atoms with Crippen molar-refractivity contribution in [1.82, 2.24) is 10.6 Å². The Labute approximate surface area is 99.9 Å². The molecule has 3 atom stereocenters. The molecule has 0 spiro atoms. The van der Waals surface area contributed by atoms with Crippen molar-refractivity contribution in [3.8, 4) is 0 Å². The monoisotopic (exact) mass is 242 g/mol. The first kappa shape index (κ1) is 11.8. The summed E-state index contributed by atoms with van der Waals surface area (Å²) in [5.41, 5.74) is -0.0723. The summed E-state index contributed by atoms with van der Waals surface area (Å²) in [5, 5.41) is 6.50. The third kappa shape index (κ3) is 2.19. The second kappa shape index (κ2) is 4.65. The molecule has 5 heteroatoms. The Morgan fingerprint density at radius 2 is 2.38 bits per heavy atom. The summed E-state index contributed by atoms with van der Waals surface area (Å²) in [4.78, 5) is 21.5. The predicted molar refractivity (Wildman–Crippen MR) is 64.6 cm³/mol. The van der Waals surface area contributed by atoms with Crippen LogP contribution < -0.4 is 10.6 Å². The molecule has 0 aromatic rings. The quantitative estimate of drug-likeness (QED) is 0.434. The summed E-state index contributed by atoms with van der Waals surface area (Å²) >= 11 is 1.93. The fourth-order valence-corrected chi connectivity index (χ4v) is 4.21. The third-order valence-corrected chi connectivity index (χ3v) is 5.10. The van der Waals surface area contributed by atoms with Crippen molar-refractivity contribution in [3.05, 3.63) is 0 Å². The average Bonchev–Trinajstić information content (AvgIpc) is 2.67. The van der Waals surface area contributed by atoms with Gasteiger partial charge in [0.15, 0.2) is 0 Å². The van der Waals surface area contributed by atoms with Crippen LogP contribution >= 0.6 is 11.8 Å². The fourth-order valence-electron chi connectivity index (χ4n) is 2.50. The van der Waals surface area contributed by atoms with Crippen LogP contribution in [-0.4, -0.2) is 34.9 Å². The molecule has 0 bridgehead atoms. The topological polar surface area (TPSA) is 58.2 Å². The number of fused-ring (bicyclic) bond motifs is 1. The van der Waals surface area contributed by atoms with Crippen molar-refractivity contribution < 1.29 is 9.59 Å². The van der Waals surface area contributed by atoms with Crippen LogP contribution in [0.5, 0.6) is 0 Å². The number of carbonyl (C=O) groups excluding carboxylic acids is 2. The summed E-state index contributed by atoms with van der Waals surface area (Å²) in [6.07, 6.45) is 4.75. The molecule has 2 saturated heterocycles. The van der Waals surface area contributed by atoms with Crippen LogP contribution in [0.25, 0.3) is 0 Å². The predicted octanol–water partition coefficient (Wildman–Crippen LogP) is 1.30. The molecule has 4 nitrogen and oxygen atoms in total. The van der Waals surface area contributed by atoms with Crippen molar-refractivity contribution in [2.45, 2.75) is 49.4 Å². The highest BCUT2D eigenvalue weighted by Gasteiger charge is 2.51. The summed E-state index contributed by atoms with van der Waals surface area (Å²) in [7, 11) is 0. The first-order valence-corrected chi connectivity index (χ1v) is 6.84. The Balaban J connectivity index is 1.83. The molecule has 0 aromatic carbocycles. The Morgan fingerprint density at radius 1 is 1.56 bits per heavy atom. The molecule has 0 radical (unpaired) electrons. The van der Waals surface area contributed by atoms with E-state index in [2.05, 4.69) is 17.6 Å². The van der Waals surface area contributed by atoms with E-state index in [4.69, 9.17) is 0 Å². The molecule has 2 heterocycles. The Morgan fingerprint density at radius 3 is 3.12 bits per heavy atom. The summed E-state index contributed by atoms with van der Waals surface area (Å²) in [6, 6.07) is 0.215. The van der Waals surface area contributed by atoms with Gasteiger partial charge in [-0.2, -0.15) is 11.8 Å². The Hall–Kier alpha value is -0.710. The molecule has 0 unspecified atom stereocenters. The van der Waals surface area contributed by atoms with E-state index in [0.717, 1.165) is 31.3 Å². The number of thioether (sulfide) groups is 1. The van der Waals surface area contributed by atoms with Gasteiger partial charge in [0, 0.05) is 17.4 Å². The van der Waals surface area contributed by atoms with E-state index >= 15 is 0 Å². The SMILES string of the molecule is C[C@]12CS[C@@H](CCCCC=O)[C@H]1NC(=O)N2. The van der Waals surface area contributed by atoms with Gasteiger partial charge in [-0.1, -0.05) is 6.42 Å². The van der Waals surface area contributed by atoms with E-state index in [0.29, 0.717) is 11.7 Å². The number of nitrogens with one attached hydrogen (secondary N) is 2. The number of amides is 2. The van der Waals surface area contributed by atoms with Gasteiger partial charge in [0.25, 0.3) is 0 Å². The number of hydrogen-bond acceptors (Lipinski definition) is 3. The van der Waals surface area contributed by atoms with E-state index < -0.39 is 0 Å². The number of urea groups is 1. The van der Waals surface area contributed by atoms with Gasteiger partial charge in [0.05, 0.1) is 11.6 Å². The maximum Gasteiger partial charge on any atom is 0.315 e. The first-order chi connectivity index (χ1) is 7.65. The van der Waals surface area contributed by atoms with E-state index in [1.807, 2.05) is 11.8 Å². The lowest BCUT2D eigenvalue weighted by Crippen LogP contribution is -2.47. The van der Waals surface area contributed by atoms with E-state index in [1.54, 1.807) is 0 Å². The van der Waals surface area contributed by atoms with Gasteiger partial charge in [-0.05, 0) is 19.8 Å². The molecule has 2 rings (SSSR count). The number of unbranched alkanes of at least 4 members (excludes halogenated alkanes) is 2. The average molecular weight is 242 g/mol. The summed E-state index contributed by atoms with van der Waals surface area (Å²) < 4.78 is 0. The minimum absolute atomic E-state index is 0.0364. The van der Waals surface area contributed by atoms with Crippen LogP contribution in [-0.2, 0) is 4.79 Å². The molecule has 0 saturated carbocycles. The van der Waals surface area contributed by atoms with Crippen molar-refractivity contribution in [3.63, 3.8) is 0 Å². The van der Waals surface area contributed by atoms with E-state index in [-0.39, 0.29) is 17.6 Å². The van der Waals surface area contributed by atoms with Gasteiger partial charge < -0.3 is 15.4 Å². The summed E-state index contributed by atoms with van der Waals surface area (Å²) in [6.45, 7) is 2.11. The lowest BCUT2D eigenvalue weighted by Gasteiger charge is -2.23. The Bertz CT molecular complexity index is 298. The highest BCUT2D eigenvalue weighted by atomic mass is 32.2. The Kier molecular flexibility index (Phi) is 3.42. The maximum atomic E-state index is 11.3. The number of hydrogen-bond donors (Lipinski definition) is 2. The van der Waals surface area contributed by atoms with Crippen molar-refractivity contribution in [2.75, 3.05) is 5.75 Å². The second-order valence-electron chi connectivity index (χ2n) is 4.79. The molecule has 16 heavy (non-hydrogen) atoms.